The van der Waals surface area contributed by atoms with Gasteiger partial charge in [-0.1, -0.05) is 60.7 Å². The molecule has 0 atom stereocenters. The van der Waals surface area contributed by atoms with Crippen LogP contribution in [0.1, 0.15) is 17.2 Å². The summed E-state index contributed by atoms with van der Waals surface area (Å²) in [6.07, 6.45) is 3.12. The van der Waals surface area contributed by atoms with Crippen molar-refractivity contribution in [2.24, 2.45) is 0 Å². The van der Waals surface area contributed by atoms with E-state index in [1.54, 1.807) is 11.1 Å². The van der Waals surface area contributed by atoms with Gasteiger partial charge in [-0.15, -0.1) is 11.3 Å². The number of piperazine rings is 1. The first kappa shape index (κ1) is 20.8. The Bertz CT molecular complexity index is 1010. The molecule has 1 aliphatic heterocycles. The van der Waals surface area contributed by atoms with Crippen molar-refractivity contribution in [3.8, 4) is 6.07 Å². The van der Waals surface area contributed by atoms with Gasteiger partial charge in [-0.3, -0.25) is 9.69 Å². The minimum atomic E-state index is -0.248. The number of rotatable bonds is 6. The molecule has 0 saturated carbocycles. The summed E-state index contributed by atoms with van der Waals surface area (Å²) in [6.45, 7) is 2.62. The largest absolute Gasteiger partial charge is 0.337 e. The van der Waals surface area contributed by atoms with Crippen molar-refractivity contribution in [3.05, 3.63) is 95.1 Å². The Morgan fingerprint density at radius 1 is 1.03 bits per heavy atom. The summed E-state index contributed by atoms with van der Waals surface area (Å²) in [5.74, 6) is -0.248. The van der Waals surface area contributed by atoms with Crippen molar-refractivity contribution < 1.29 is 4.79 Å². The highest BCUT2D eigenvalue weighted by atomic mass is 32.1. The third-order valence-electron chi connectivity index (χ3n) is 5.32. The molecule has 0 spiro atoms. The van der Waals surface area contributed by atoms with Gasteiger partial charge in [0.25, 0.3) is 5.91 Å². The number of aromatic nitrogens is 1. The lowest BCUT2D eigenvalue weighted by atomic mass is 9.96. The van der Waals surface area contributed by atoms with Crippen LogP contribution in [0, 0.1) is 11.3 Å². The number of anilines is 1. The van der Waals surface area contributed by atoms with E-state index in [1.165, 1.54) is 28.7 Å². The highest BCUT2D eigenvalue weighted by molar-refractivity contribution is 7.13. The molecule has 156 valence electrons. The maximum atomic E-state index is 12.9. The molecule has 1 amide bonds. The summed E-state index contributed by atoms with van der Waals surface area (Å²) >= 11 is 1.41. The summed E-state index contributed by atoms with van der Waals surface area (Å²) < 4.78 is 0. The SMILES string of the molecule is N#C/C(=C/Nc1nccs1)C(=O)N1CCN(C(c2ccccc2)c2ccccc2)CC1. The number of nitriles is 1. The molecule has 4 rings (SSSR count). The van der Waals surface area contributed by atoms with Gasteiger partial charge >= 0.3 is 0 Å². The number of benzene rings is 2. The second-order valence-corrected chi connectivity index (χ2v) is 8.10. The van der Waals surface area contributed by atoms with Gasteiger partial charge in [0.15, 0.2) is 5.13 Å². The molecule has 0 unspecified atom stereocenters. The molecule has 2 heterocycles. The first-order valence-corrected chi connectivity index (χ1v) is 11.0. The maximum Gasteiger partial charge on any atom is 0.266 e. The monoisotopic (exact) mass is 429 g/mol. The topological polar surface area (TPSA) is 72.3 Å². The van der Waals surface area contributed by atoms with Crippen molar-refractivity contribution in [3.63, 3.8) is 0 Å². The highest BCUT2D eigenvalue weighted by Gasteiger charge is 2.29. The van der Waals surface area contributed by atoms with Gasteiger partial charge in [-0.25, -0.2) is 4.98 Å². The van der Waals surface area contributed by atoms with Gasteiger partial charge < -0.3 is 10.2 Å². The summed E-state index contributed by atoms with van der Waals surface area (Å²) in [4.78, 5) is 21.1. The molecule has 1 N–H and O–H groups in total. The summed E-state index contributed by atoms with van der Waals surface area (Å²) in [7, 11) is 0. The standard InChI is InChI=1S/C24H23N5OS/c25-17-21(18-27-24-26-11-16-31-24)23(30)29-14-12-28(13-15-29)22(19-7-3-1-4-8-19)20-9-5-2-6-10-20/h1-11,16,18,22H,12-15H2,(H,26,27)/b21-18-. The van der Waals surface area contributed by atoms with Gasteiger partial charge in [-0.05, 0) is 11.1 Å². The van der Waals surface area contributed by atoms with Gasteiger partial charge in [-0.2, -0.15) is 5.26 Å². The molecule has 2 aromatic carbocycles. The van der Waals surface area contributed by atoms with E-state index >= 15 is 0 Å². The van der Waals surface area contributed by atoms with Crippen LogP contribution >= 0.6 is 11.3 Å². The third-order valence-corrected chi connectivity index (χ3v) is 6.02. The lowest BCUT2D eigenvalue weighted by molar-refractivity contribution is -0.128. The van der Waals surface area contributed by atoms with Crippen molar-refractivity contribution in [2.45, 2.75) is 6.04 Å². The summed E-state index contributed by atoms with van der Waals surface area (Å²) in [6, 6.07) is 23.0. The van der Waals surface area contributed by atoms with E-state index in [0.717, 1.165) is 13.1 Å². The molecule has 3 aromatic rings. The van der Waals surface area contributed by atoms with E-state index in [0.29, 0.717) is 18.2 Å². The Hall–Kier alpha value is -3.47. The average molecular weight is 430 g/mol. The molecule has 7 heteroatoms. The molecule has 1 aliphatic rings. The molecule has 0 bridgehead atoms. The fourth-order valence-electron chi connectivity index (χ4n) is 3.81. The minimum absolute atomic E-state index is 0.0892. The number of nitrogens with one attached hydrogen (secondary N) is 1. The molecular weight excluding hydrogens is 406 g/mol. The zero-order valence-corrected chi connectivity index (χ0v) is 17.8. The molecule has 0 aliphatic carbocycles. The predicted molar refractivity (Wildman–Crippen MR) is 122 cm³/mol. The molecular formula is C24H23N5OS. The Morgan fingerprint density at radius 3 is 2.16 bits per heavy atom. The van der Waals surface area contributed by atoms with Gasteiger partial charge in [0, 0.05) is 44.0 Å². The van der Waals surface area contributed by atoms with E-state index in [2.05, 4.69) is 63.7 Å². The zero-order valence-electron chi connectivity index (χ0n) is 17.0. The Balaban J connectivity index is 1.45. The van der Waals surface area contributed by atoms with Crippen LogP contribution < -0.4 is 5.32 Å². The number of thiazole rings is 1. The van der Waals surface area contributed by atoms with Crippen LogP contribution in [-0.4, -0.2) is 46.9 Å². The number of carbonyl (C=O) groups is 1. The van der Waals surface area contributed by atoms with E-state index in [1.807, 2.05) is 23.6 Å². The normalized spacial score (nSPS) is 15.0. The van der Waals surface area contributed by atoms with Crippen LogP contribution in [-0.2, 0) is 4.79 Å². The third kappa shape index (κ3) is 5.00. The van der Waals surface area contributed by atoms with Crippen LogP contribution in [0.25, 0.3) is 0 Å². The first-order chi connectivity index (χ1) is 15.3. The molecule has 0 radical (unpaired) electrons. The number of hydrogen-bond acceptors (Lipinski definition) is 6. The fourth-order valence-corrected chi connectivity index (χ4v) is 4.31. The maximum absolute atomic E-state index is 12.9. The highest BCUT2D eigenvalue weighted by Crippen LogP contribution is 2.29. The predicted octanol–water partition coefficient (Wildman–Crippen LogP) is 3.90. The Kier molecular flexibility index (Phi) is 6.72. The fraction of sp³-hybridized carbons (Fsp3) is 0.208. The Morgan fingerprint density at radius 2 is 1.65 bits per heavy atom. The molecule has 31 heavy (non-hydrogen) atoms. The van der Waals surface area contributed by atoms with Gasteiger partial charge in [0.05, 0.1) is 6.04 Å². The quantitative estimate of drug-likeness (QED) is 0.475. The molecule has 1 fully saturated rings. The van der Waals surface area contributed by atoms with E-state index in [4.69, 9.17) is 0 Å². The number of carbonyl (C=O) groups excluding carboxylic acids is 1. The first-order valence-electron chi connectivity index (χ1n) is 10.2. The van der Waals surface area contributed by atoms with Crippen molar-refractivity contribution in [1.29, 1.82) is 5.26 Å². The molecule has 6 nitrogen and oxygen atoms in total. The minimum Gasteiger partial charge on any atom is -0.337 e. The molecule has 1 saturated heterocycles. The number of hydrogen-bond donors (Lipinski definition) is 1. The number of nitrogens with zero attached hydrogens (tertiary/aromatic N) is 4. The van der Waals surface area contributed by atoms with Crippen LogP contribution in [0.5, 0.6) is 0 Å². The van der Waals surface area contributed by atoms with E-state index < -0.39 is 0 Å². The smallest absolute Gasteiger partial charge is 0.266 e. The second kappa shape index (κ2) is 10.0. The van der Waals surface area contributed by atoms with Crippen LogP contribution in [0.2, 0.25) is 0 Å². The van der Waals surface area contributed by atoms with Crippen LogP contribution in [0.4, 0.5) is 5.13 Å². The van der Waals surface area contributed by atoms with E-state index in [-0.39, 0.29) is 17.5 Å². The lowest BCUT2D eigenvalue weighted by Crippen LogP contribution is -2.50. The molecule has 1 aromatic heterocycles. The van der Waals surface area contributed by atoms with Crippen molar-refractivity contribution in [2.75, 3.05) is 31.5 Å². The van der Waals surface area contributed by atoms with Gasteiger partial charge in [0.2, 0.25) is 0 Å². The Labute approximate surface area is 186 Å². The lowest BCUT2D eigenvalue weighted by Gasteiger charge is -2.39. The summed E-state index contributed by atoms with van der Waals surface area (Å²) in [5.41, 5.74) is 2.56. The second-order valence-electron chi connectivity index (χ2n) is 7.20. The van der Waals surface area contributed by atoms with Crippen molar-refractivity contribution in [1.82, 2.24) is 14.8 Å². The van der Waals surface area contributed by atoms with Crippen molar-refractivity contribution >= 4 is 22.4 Å². The van der Waals surface area contributed by atoms with E-state index in [9.17, 15) is 10.1 Å². The number of amides is 1. The zero-order chi connectivity index (χ0) is 21.5. The van der Waals surface area contributed by atoms with Gasteiger partial charge in [0.1, 0.15) is 11.6 Å². The summed E-state index contributed by atoms with van der Waals surface area (Å²) in [5, 5.41) is 14.9. The average Bonchev–Trinajstić information content (AvgIpc) is 3.35. The van der Waals surface area contributed by atoms with Crippen LogP contribution in [0.3, 0.4) is 0 Å². The van der Waals surface area contributed by atoms with Crippen LogP contribution in [0.15, 0.2) is 84.0 Å².